The molecule has 0 spiro atoms. The van der Waals surface area contributed by atoms with E-state index in [1.165, 1.54) is 32.1 Å². The van der Waals surface area contributed by atoms with E-state index in [-0.39, 0.29) is 5.75 Å². The molecule has 5 heteroatoms. The number of aromatic nitrogens is 3. The topological polar surface area (TPSA) is 54.2 Å². The third kappa shape index (κ3) is 2.60. The number of hydrogen-bond donors (Lipinski definition) is 1. The number of phenolic OH excluding ortho intramolecular Hbond substituents is 1. The lowest BCUT2D eigenvalue weighted by molar-refractivity contribution is 0.420. The predicted molar refractivity (Wildman–Crippen MR) is 83.0 cm³/mol. The van der Waals surface area contributed by atoms with Gasteiger partial charge in [-0.25, -0.2) is 0 Å². The minimum atomic E-state index is 0.252. The largest absolute Gasteiger partial charge is 0.506 e. The van der Waals surface area contributed by atoms with Crippen LogP contribution < -0.4 is 4.90 Å². The maximum atomic E-state index is 9.99. The highest BCUT2D eigenvalue weighted by atomic mass is 16.3. The Morgan fingerprint density at radius 3 is 2.57 bits per heavy atom. The van der Waals surface area contributed by atoms with Gasteiger partial charge in [-0.1, -0.05) is 31.4 Å². The Labute approximate surface area is 125 Å². The van der Waals surface area contributed by atoms with Gasteiger partial charge in [-0.3, -0.25) is 4.57 Å². The van der Waals surface area contributed by atoms with Crippen LogP contribution in [0.25, 0.3) is 0 Å². The maximum absolute atomic E-state index is 9.99. The number of nitrogens with zero attached hydrogens (tertiary/aromatic N) is 4. The summed E-state index contributed by atoms with van der Waals surface area (Å²) in [7, 11) is 3.92. The van der Waals surface area contributed by atoms with Gasteiger partial charge in [0.2, 0.25) is 5.95 Å². The van der Waals surface area contributed by atoms with Crippen LogP contribution >= 0.6 is 0 Å². The van der Waals surface area contributed by atoms with Crippen molar-refractivity contribution in [3.63, 3.8) is 0 Å². The summed E-state index contributed by atoms with van der Waals surface area (Å²) in [5, 5.41) is 18.7. The van der Waals surface area contributed by atoms with Crippen molar-refractivity contribution in [2.75, 3.05) is 11.9 Å². The summed E-state index contributed by atoms with van der Waals surface area (Å²) in [6.45, 7) is 0. The summed E-state index contributed by atoms with van der Waals surface area (Å²) in [5.41, 5.74) is 0.739. The van der Waals surface area contributed by atoms with Crippen molar-refractivity contribution in [2.24, 2.45) is 7.05 Å². The summed E-state index contributed by atoms with van der Waals surface area (Å²) < 4.78 is 2.06. The molecule has 0 radical (unpaired) electrons. The molecule has 5 nitrogen and oxygen atoms in total. The van der Waals surface area contributed by atoms with Gasteiger partial charge in [-0.15, -0.1) is 10.2 Å². The lowest BCUT2D eigenvalue weighted by Gasteiger charge is -2.22. The number of para-hydroxylation sites is 2. The summed E-state index contributed by atoms with van der Waals surface area (Å²) in [4.78, 5) is 1.88. The van der Waals surface area contributed by atoms with Crippen LogP contribution in [0, 0.1) is 0 Å². The molecule has 1 aromatic carbocycles. The minimum Gasteiger partial charge on any atom is -0.506 e. The first-order valence-corrected chi connectivity index (χ1v) is 7.59. The average Bonchev–Trinajstić information content (AvgIpc) is 2.90. The fraction of sp³-hybridized carbons (Fsp3) is 0.500. The number of benzene rings is 1. The second-order valence-electron chi connectivity index (χ2n) is 5.80. The molecular weight excluding hydrogens is 264 g/mol. The first-order chi connectivity index (χ1) is 10.2. The Morgan fingerprint density at radius 2 is 1.86 bits per heavy atom. The Morgan fingerprint density at radius 1 is 1.14 bits per heavy atom. The van der Waals surface area contributed by atoms with Crippen molar-refractivity contribution in [1.29, 1.82) is 0 Å². The molecule has 21 heavy (non-hydrogen) atoms. The summed E-state index contributed by atoms with van der Waals surface area (Å²) in [6, 6.07) is 7.29. The lowest BCUT2D eigenvalue weighted by atomic mass is 9.89. The van der Waals surface area contributed by atoms with Crippen molar-refractivity contribution in [1.82, 2.24) is 14.8 Å². The van der Waals surface area contributed by atoms with Gasteiger partial charge in [0.25, 0.3) is 0 Å². The minimum absolute atomic E-state index is 0.252. The van der Waals surface area contributed by atoms with E-state index in [2.05, 4.69) is 14.8 Å². The van der Waals surface area contributed by atoms with Crippen molar-refractivity contribution in [3.05, 3.63) is 30.1 Å². The first kappa shape index (κ1) is 13.9. The smallest absolute Gasteiger partial charge is 0.231 e. The third-order valence-corrected chi connectivity index (χ3v) is 4.40. The Hall–Kier alpha value is -2.04. The quantitative estimate of drug-likeness (QED) is 0.940. The van der Waals surface area contributed by atoms with E-state index in [1.807, 2.05) is 37.2 Å². The third-order valence-electron chi connectivity index (χ3n) is 4.40. The van der Waals surface area contributed by atoms with E-state index >= 15 is 0 Å². The molecule has 1 aliphatic carbocycles. The van der Waals surface area contributed by atoms with Crippen LogP contribution in [0.1, 0.15) is 43.8 Å². The zero-order valence-electron chi connectivity index (χ0n) is 12.7. The molecule has 0 atom stereocenters. The van der Waals surface area contributed by atoms with Gasteiger partial charge in [0.05, 0.1) is 5.69 Å². The van der Waals surface area contributed by atoms with Gasteiger partial charge in [0.15, 0.2) is 0 Å². The highest BCUT2D eigenvalue weighted by molar-refractivity contribution is 5.64. The van der Waals surface area contributed by atoms with Gasteiger partial charge < -0.3 is 10.0 Å². The molecule has 1 N–H and O–H groups in total. The highest BCUT2D eigenvalue weighted by Gasteiger charge is 2.23. The SMILES string of the molecule is CN(c1ccccc1O)c1nnc(C2CCCCC2)n1C. The fourth-order valence-electron chi connectivity index (χ4n) is 3.20. The van der Waals surface area contributed by atoms with Crippen LogP contribution in [0.4, 0.5) is 11.6 Å². The number of anilines is 2. The molecule has 0 amide bonds. The standard InChI is InChI=1S/C16H22N4O/c1-19(13-10-6-7-11-14(13)21)16-18-17-15(20(16)2)12-8-4-3-5-9-12/h6-7,10-12,21H,3-5,8-9H2,1-2H3. The second-order valence-corrected chi connectivity index (χ2v) is 5.80. The fourth-order valence-corrected chi connectivity index (χ4v) is 3.20. The molecule has 1 fully saturated rings. The van der Waals surface area contributed by atoms with Gasteiger partial charge in [-0.05, 0) is 25.0 Å². The number of phenols is 1. The molecule has 0 aliphatic heterocycles. The summed E-state index contributed by atoms with van der Waals surface area (Å²) in [5.74, 6) is 2.59. The second kappa shape index (κ2) is 5.76. The van der Waals surface area contributed by atoms with Crippen molar-refractivity contribution in [2.45, 2.75) is 38.0 Å². The van der Waals surface area contributed by atoms with Crippen LogP contribution in [0.5, 0.6) is 5.75 Å². The zero-order valence-corrected chi connectivity index (χ0v) is 12.7. The van der Waals surface area contributed by atoms with Gasteiger partial charge in [0.1, 0.15) is 11.6 Å². The summed E-state index contributed by atoms with van der Waals surface area (Å²) >= 11 is 0. The molecule has 1 aromatic heterocycles. The zero-order chi connectivity index (χ0) is 14.8. The molecule has 0 bridgehead atoms. The molecule has 1 aliphatic rings. The molecule has 1 heterocycles. The number of rotatable bonds is 3. The van der Waals surface area contributed by atoms with E-state index in [9.17, 15) is 5.11 Å². The molecular formula is C16H22N4O. The molecule has 0 saturated heterocycles. The van der Waals surface area contributed by atoms with Gasteiger partial charge in [-0.2, -0.15) is 0 Å². The van der Waals surface area contributed by atoms with Gasteiger partial charge in [0, 0.05) is 20.0 Å². The monoisotopic (exact) mass is 286 g/mol. The molecule has 3 rings (SSSR count). The Kier molecular flexibility index (Phi) is 3.82. The predicted octanol–water partition coefficient (Wildman–Crippen LogP) is 3.34. The highest BCUT2D eigenvalue weighted by Crippen LogP contribution is 2.34. The van der Waals surface area contributed by atoms with Crippen LogP contribution in [0.3, 0.4) is 0 Å². The Balaban J connectivity index is 1.89. The number of aromatic hydroxyl groups is 1. The van der Waals surface area contributed by atoms with E-state index in [0.717, 1.165) is 17.5 Å². The van der Waals surface area contributed by atoms with E-state index in [4.69, 9.17) is 0 Å². The molecule has 1 saturated carbocycles. The normalized spacial score (nSPS) is 16.1. The molecule has 0 unspecified atom stereocenters. The number of hydrogen-bond acceptors (Lipinski definition) is 4. The summed E-state index contributed by atoms with van der Waals surface area (Å²) in [6.07, 6.45) is 6.29. The van der Waals surface area contributed by atoms with E-state index < -0.39 is 0 Å². The van der Waals surface area contributed by atoms with Crippen LogP contribution in [-0.2, 0) is 7.05 Å². The molecule has 112 valence electrons. The molecule has 2 aromatic rings. The average molecular weight is 286 g/mol. The van der Waals surface area contributed by atoms with Crippen molar-refractivity contribution >= 4 is 11.6 Å². The van der Waals surface area contributed by atoms with Crippen molar-refractivity contribution < 1.29 is 5.11 Å². The van der Waals surface area contributed by atoms with Crippen LogP contribution in [0.15, 0.2) is 24.3 Å². The van der Waals surface area contributed by atoms with Gasteiger partial charge >= 0.3 is 0 Å². The van der Waals surface area contributed by atoms with Crippen LogP contribution in [0.2, 0.25) is 0 Å². The van der Waals surface area contributed by atoms with E-state index in [1.54, 1.807) is 6.07 Å². The Bertz CT molecular complexity index is 616. The van der Waals surface area contributed by atoms with Crippen molar-refractivity contribution in [3.8, 4) is 5.75 Å². The lowest BCUT2D eigenvalue weighted by Crippen LogP contribution is -2.16. The van der Waals surface area contributed by atoms with Crippen LogP contribution in [-0.4, -0.2) is 26.9 Å². The first-order valence-electron chi connectivity index (χ1n) is 7.59. The van der Waals surface area contributed by atoms with E-state index in [0.29, 0.717) is 5.92 Å². The maximum Gasteiger partial charge on any atom is 0.231 e.